The molecule has 0 atom stereocenters. The average molecular weight is 295 g/mol. The molecular formula is C11H11BrN4O. The van der Waals surface area contributed by atoms with Crippen LogP contribution in [0.15, 0.2) is 36.8 Å². The van der Waals surface area contributed by atoms with Crippen LogP contribution < -0.4 is 5.32 Å². The highest BCUT2D eigenvalue weighted by atomic mass is 79.9. The lowest BCUT2D eigenvalue weighted by Gasteiger charge is -2.09. The first-order valence-electron chi connectivity index (χ1n) is 5.12. The first-order valence-corrected chi connectivity index (χ1v) is 6.24. The van der Waals surface area contributed by atoms with E-state index in [0.717, 1.165) is 0 Å². The highest BCUT2D eigenvalue weighted by Gasteiger charge is 2.08. The van der Waals surface area contributed by atoms with Crippen molar-refractivity contribution in [1.82, 2.24) is 14.8 Å². The number of nitrogens with one attached hydrogen (secondary N) is 1. The van der Waals surface area contributed by atoms with Crippen LogP contribution >= 0.6 is 15.9 Å². The molecule has 6 heteroatoms. The van der Waals surface area contributed by atoms with Crippen LogP contribution in [-0.4, -0.2) is 26.0 Å². The van der Waals surface area contributed by atoms with Crippen molar-refractivity contribution < 1.29 is 4.79 Å². The molecule has 2 aromatic heterocycles. The maximum absolute atomic E-state index is 11.5. The topological polar surface area (TPSA) is 59.8 Å². The van der Waals surface area contributed by atoms with E-state index in [-0.39, 0.29) is 5.91 Å². The van der Waals surface area contributed by atoms with Crippen molar-refractivity contribution in [1.29, 1.82) is 0 Å². The number of carbonyl (C=O) groups excluding carboxylic acids is 1. The number of aromatic nitrogens is 3. The normalized spacial score (nSPS) is 10.2. The number of amides is 1. The van der Waals surface area contributed by atoms with Crippen LogP contribution in [0.4, 0.5) is 5.69 Å². The molecule has 88 valence electrons. The van der Waals surface area contributed by atoms with Gasteiger partial charge in [0.15, 0.2) is 5.82 Å². The SMILES string of the molecule is O=C(CCBr)Nc1cccnc1-n1cccn1. The number of pyridine rings is 1. The van der Waals surface area contributed by atoms with Gasteiger partial charge in [0.05, 0.1) is 5.69 Å². The van der Waals surface area contributed by atoms with Crippen LogP contribution in [0.25, 0.3) is 5.82 Å². The fraction of sp³-hybridized carbons (Fsp3) is 0.182. The minimum absolute atomic E-state index is 0.0525. The lowest BCUT2D eigenvalue weighted by Crippen LogP contribution is -2.14. The Balaban J connectivity index is 2.25. The smallest absolute Gasteiger partial charge is 0.225 e. The third-order valence-corrected chi connectivity index (χ3v) is 2.50. The molecule has 0 saturated carbocycles. The molecule has 0 aliphatic carbocycles. The lowest BCUT2D eigenvalue weighted by atomic mass is 10.3. The van der Waals surface area contributed by atoms with E-state index in [2.05, 4.69) is 31.3 Å². The van der Waals surface area contributed by atoms with Gasteiger partial charge in [-0.05, 0) is 18.2 Å². The van der Waals surface area contributed by atoms with E-state index in [1.165, 1.54) is 0 Å². The molecule has 1 N–H and O–H groups in total. The van der Waals surface area contributed by atoms with Crippen LogP contribution in [-0.2, 0) is 4.79 Å². The fourth-order valence-electron chi connectivity index (χ4n) is 1.37. The van der Waals surface area contributed by atoms with Crippen molar-refractivity contribution in [2.75, 3.05) is 10.6 Å². The predicted octanol–water partition coefficient (Wildman–Crippen LogP) is 1.99. The van der Waals surface area contributed by atoms with Gasteiger partial charge < -0.3 is 5.32 Å². The van der Waals surface area contributed by atoms with Crippen LogP contribution in [0, 0.1) is 0 Å². The summed E-state index contributed by atoms with van der Waals surface area (Å²) in [6, 6.07) is 5.38. The van der Waals surface area contributed by atoms with E-state index >= 15 is 0 Å². The molecule has 0 radical (unpaired) electrons. The Morgan fingerprint density at radius 3 is 3.00 bits per heavy atom. The molecule has 0 aromatic carbocycles. The second kappa shape index (κ2) is 5.58. The number of rotatable bonds is 4. The summed E-state index contributed by atoms with van der Waals surface area (Å²) in [5, 5.41) is 7.54. The van der Waals surface area contributed by atoms with E-state index in [1.807, 2.05) is 0 Å². The number of alkyl halides is 1. The van der Waals surface area contributed by atoms with Gasteiger partial charge in [0.1, 0.15) is 0 Å². The summed E-state index contributed by atoms with van der Waals surface area (Å²) in [4.78, 5) is 15.7. The van der Waals surface area contributed by atoms with Crippen molar-refractivity contribution >= 4 is 27.5 Å². The van der Waals surface area contributed by atoms with Crippen LogP contribution in [0.1, 0.15) is 6.42 Å². The second-order valence-electron chi connectivity index (χ2n) is 3.31. The van der Waals surface area contributed by atoms with Crippen LogP contribution in [0.2, 0.25) is 0 Å². The quantitative estimate of drug-likeness (QED) is 0.878. The Labute approximate surface area is 107 Å². The van der Waals surface area contributed by atoms with E-state index in [1.54, 1.807) is 41.5 Å². The average Bonchev–Trinajstić information content (AvgIpc) is 2.83. The monoisotopic (exact) mass is 294 g/mol. The number of carbonyl (C=O) groups is 1. The summed E-state index contributed by atoms with van der Waals surface area (Å²) in [7, 11) is 0. The molecule has 0 bridgehead atoms. The van der Waals surface area contributed by atoms with Crippen molar-refractivity contribution in [3.8, 4) is 5.82 Å². The van der Waals surface area contributed by atoms with Gasteiger partial charge in [-0.1, -0.05) is 15.9 Å². The van der Waals surface area contributed by atoms with Gasteiger partial charge in [0.2, 0.25) is 5.91 Å². The number of anilines is 1. The highest BCUT2D eigenvalue weighted by molar-refractivity contribution is 9.09. The minimum Gasteiger partial charge on any atom is -0.323 e. The van der Waals surface area contributed by atoms with Crippen molar-refractivity contribution in [2.24, 2.45) is 0 Å². The molecule has 0 fully saturated rings. The van der Waals surface area contributed by atoms with Crippen molar-refractivity contribution in [3.05, 3.63) is 36.8 Å². The summed E-state index contributed by atoms with van der Waals surface area (Å²) in [5.74, 6) is 0.559. The number of hydrogen-bond acceptors (Lipinski definition) is 3. The Bertz CT molecular complexity index is 498. The first-order chi connectivity index (χ1) is 8.31. The zero-order valence-corrected chi connectivity index (χ0v) is 10.6. The number of halogens is 1. The molecule has 2 rings (SSSR count). The fourth-order valence-corrected chi connectivity index (χ4v) is 1.73. The van der Waals surface area contributed by atoms with Gasteiger partial charge in [-0.25, -0.2) is 9.67 Å². The second-order valence-corrected chi connectivity index (χ2v) is 4.11. The third-order valence-electron chi connectivity index (χ3n) is 2.10. The summed E-state index contributed by atoms with van der Waals surface area (Å²) in [6.07, 6.45) is 5.53. The van der Waals surface area contributed by atoms with Gasteiger partial charge in [0, 0.05) is 30.3 Å². The Kier molecular flexibility index (Phi) is 3.87. The zero-order chi connectivity index (χ0) is 12.1. The lowest BCUT2D eigenvalue weighted by molar-refractivity contribution is -0.115. The Hall–Kier alpha value is -1.69. The summed E-state index contributed by atoms with van der Waals surface area (Å²) in [5.41, 5.74) is 0.655. The van der Waals surface area contributed by atoms with Crippen molar-refractivity contribution in [2.45, 2.75) is 6.42 Å². The van der Waals surface area contributed by atoms with Gasteiger partial charge in [0.25, 0.3) is 0 Å². The van der Waals surface area contributed by atoms with Gasteiger partial charge in [-0.3, -0.25) is 4.79 Å². The molecular weight excluding hydrogens is 284 g/mol. The van der Waals surface area contributed by atoms with Gasteiger partial charge >= 0.3 is 0 Å². The zero-order valence-electron chi connectivity index (χ0n) is 9.01. The van der Waals surface area contributed by atoms with Gasteiger partial charge in [-0.15, -0.1) is 0 Å². The Morgan fingerprint density at radius 1 is 1.41 bits per heavy atom. The molecule has 0 spiro atoms. The maximum Gasteiger partial charge on any atom is 0.225 e. The summed E-state index contributed by atoms with van der Waals surface area (Å²) >= 11 is 3.23. The first kappa shape index (κ1) is 11.8. The Morgan fingerprint density at radius 2 is 2.29 bits per heavy atom. The molecule has 0 unspecified atom stereocenters. The van der Waals surface area contributed by atoms with E-state index in [0.29, 0.717) is 23.3 Å². The molecule has 2 aromatic rings. The largest absolute Gasteiger partial charge is 0.323 e. The van der Waals surface area contributed by atoms with Crippen LogP contribution in [0.3, 0.4) is 0 Å². The molecule has 0 aliphatic rings. The summed E-state index contributed by atoms with van der Waals surface area (Å²) < 4.78 is 1.61. The molecule has 0 aliphatic heterocycles. The van der Waals surface area contributed by atoms with Gasteiger partial charge in [-0.2, -0.15) is 5.10 Å². The third kappa shape index (κ3) is 2.91. The van der Waals surface area contributed by atoms with E-state index in [4.69, 9.17) is 0 Å². The standard InChI is InChI=1S/C11H11BrN4O/c12-5-4-10(17)15-9-3-1-6-13-11(9)16-8-2-7-14-16/h1-3,6-8H,4-5H2,(H,15,17). The highest BCUT2D eigenvalue weighted by Crippen LogP contribution is 2.16. The molecule has 0 saturated heterocycles. The maximum atomic E-state index is 11.5. The molecule has 1 amide bonds. The van der Waals surface area contributed by atoms with Crippen LogP contribution in [0.5, 0.6) is 0 Å². The van der Waals surface area contributed by atoms with E-state index < -0.39 is 0 Å². The molecule has 2 heterocycles. The minimum atomic E-state index is -0.0525. The number of nitrogens with zero attached hydrogens (tertiary/aromatic N) is 3. The number of hydrogen-bond donors (Lipinski definition) is 1. The molecule has 17 heavy (non-hydrogen) atoms. The van der Waals surface area contributed by atoms with Crippen molar-refractivity contribution in [3.63, 3.8) is 0 Å². The van der Waals surface area contributed by atoms with E-state index in [9.17, 15) is 4.79 Å². The summed E-state index contributed by atoms with van der Waals surface area (Å²) in [6.45, 7) is 0. The molecule has 5 nitrogen and oxygen atoms in total. The predicted molar refractivity (Wildman–Crippen MR) is 68.4 cm³/mol.